The van der Waals surface area contributed by atoms with Crippen molar-refractivity contribution in [3.63, 3.8) is 0 Å². The number of carbonyl (C=O) groups is 1. The Labute approximate surface area is 106 Å². The minimum absolute atomic E-state index is 0.00907. The number of ketones is 1. The second-order valence-corrected chi connectivity index (χ2v) is 5.27. The number of aliphatic hydroxyl groups is 1. The zero-order valence-electron chi connectivity index (χ0n) is 10.5. The number of Topliss-reactive ketones (excluding diaryl/α,β-unsaturated/α-hetero) is 1. The van der Waals surface area contributed by atoms with E-state index in [1.54, 1.807) is 12.1 Å². The zero-order chi connectivity index (χ0) is 13.4. The molecule has 1 aliphatic carbocycles. The van der Waals surface area contributed by atoms with Gasteiger partial charge in [-0.25, -0.2) is 4.39 Å². The SMILES string of the molecule is CC(C)C(N)C(O)C1C(=O)C1c1ccc(F)cc1. The smallest absolute Gasteiger partial charge is 0.147 e. The van der Waals surface area contributed by atoms with Gasteiger partial charge < -0.3 is 10.8 Å². The second-order valence-electron chi connectivity index (χ2n) is 5.27. The van der Waals surface area contributed by atoms with Gasteiger partial charge in [0.15, 0.2) is 0 Å². The Bertz CT molecular complexity index is 444. The summed E-state index contributed by atoms with van der Waals surface area (Å²) < 4.78 is 12.8. The van der Waals surface area contributed by atoms with Gasteiger partial charge in [0.2, 0.25) is 0 Å². The molecule has 4 heteroatoms. The van der Waals surface area contributed by atoms with Gasteiger partial charge in [0.1, 0.15) is 11.6 Å². The van der Waals surface area contributed by atoms with Crippen LogP contribution in [-0.2, 0) is 4.79 Å². The lowest BCUT2D eigenvalue weighted by Crippen LogP contribution is -2.41. The standard InChI is InChI=1S/C14H18FNO2/c1-7(2)12(16)14(18)11-10(13(11)17)8-3-5-9(15)6-4-8/h3-7,10-12,14,18H,16H2,1-2H3. The molecule has 0 spiro atoms. The first-order valence-electron chi connectivity index (χ1n) is 6.16. The van der Waals surface area contributed by atoms with Crippen LogP contribution in [0.15, 0.2) is 24.3 Å². The molecule has 1 aliphatic rings. The highest BCUT2D eigenvalue weighted by Gasteiger charge is 2.55. The van der Waals surface area contributed by atoms with Gasteiger partial charge in [-0.15, -0.1) is 0 Å². The molecule has 3 N–H and O–H groups in total. The molecule has 1 fully saturated rings. The van der Waals surface area contributed by atoms with Gasteiger partial charge in [0.25, 0.3) is 0 Å². The van der Waals surface area contributed by atoms with Crippen LogP contribution < -0.4 is 5.73 Å². The number of nitrogens with two attached hydrogens (primary N) is 1. The summed E-state index contributed by atoms with van der Waals surface area (Å²) in [6, 6.07) is 5.42. The third kappa shape index (κ3) is 2.31. The summed E-state index contributed by atoms with van der Waals surface area (Å²) >= 11 is 0. The molecule has 1 aromatic carbocycles. The number of hydrogen-bond acceptors (Lipinski definition) is 3. The van der Waals surface area contributed by atoms with E-state index in [0.29, 0.717) is 0 Å². The lowest BCUT2D eigenvalue weighted by molar-refractivity contribution is -0.112. The van der Waals surface area contributed by atoms with Crippen LogP contribution in [0.25, 0.3) is 0 Å². The summed E-state index contributed by atoms with van der Waals surface area (Å²) in [5.74, 6) is -0.992. The third-order valence-corrected chi connectivity index (χ3v) is 3.65. The Morgan fingerprint density at radius 3 is 2.33 bits per heavy atom. The number of halogens is 1. The number of rotatable bonds is 4. The van der Waals surface area contributed by atoms with Gasteiger partial charge in [0, 0.05) is 6.04 Å². The highest BCUT2D eigenvalue weighted by atomic mass is 19.1. The molecule has 3 nitrogen and oxygen atoms in total. The van der Waals surface area contributed by atoms with E-state index >= 15 is 0 Å². The summed E-state index contributed by atoms with van der Waals surface area (Å²) in [4.78, 5) is 11.8. The van der Waals surface area contributed by atoms with Gasteiger partial charge in [0.05, 0.1) is 17.9 Å². The first kappa shape index (κ1) is 13.2. The molecular weight excluding hydrogens is 233 g/mol. The molecule has 4 unspecified atom stereocenters. The number of hydrogen-bond donors (Lipinski definition) is 2. The van der Waals surface area contributed by atoms with Crippen LogP contribution in [0, 0.1) is 17.7 Å². The first-order chi connectivity index (χ1) is 8.43. The van der Waals surface area contributed by atoms with E-state index in [1.807, 2.05) is 13.8 Å². The molecule has 98 valence electrons. The number of benzene rings is 1. The topological polar surface area (TPSA) is 63.3 Å². The van der Waals surface area contributed by atoms with Crippen molar-refractivity contribution in [3.05, 3.63) is 35.6 Å². The molecule has 2 rings (SSSR count). The highest BCUT2D eigenvalue weighted by Crippen LogP contribution is 2.46. The van der Waals surface area contributed by atoms with E-state index in [9.17, 15) is 14.3 Å². The lowest BCUT2D eigenvalue weighted by Gasteiger charge is -2.21. The van der Waals surface area contributed by atoms with Crippen LogP contribution in [0.2, 0.25) is 0 Å². The van der Waals surface area contributed by atoms with E-state index in [1.165, 1.54) is 12.1 Å². The van der Waals surface area contributed by atoms with Gasteiger partial charge in [-0.05, 0) is 23.6 Å². The molecular formula is C14H18FNO2. The van der Waals surface area contributed by atoms with Crippen molar-refractivity contribution in [2.45, 2.75) is 31.9 Å². The van der Waals surface area contributed by atoms with E-state index in [2.05, 4.69) is 0 Å². The Morgan fingerprint density at radius 1 is 1.28 bits per heavy atom. The maximum Gasteiger partial charge on any atom is 0.147 e. The quantitative estimate of drug-likeness (QED) is 0.851. The minimum Gasteiger partial charge on any atom is -0.391 e. The zero-order valence-corrected chi connectivity index (χ0v) is 10.5. The van der Waals surface area contributed by atoms with Gasteiger partial charge in [-0.1, -0.05) is 26.0 Å². The predicted molar refractivity (Wildman–Crippen MR) is 66.5 cm³/mol. The normalized spacial score (nSPS) is 26.2. The van der Waals surface area contributed by atoms with Crippen LogP contribution in [0.5, 0.6) is 0 Å². The fourth-order valence-electron chi connectivity index (χ4n) is 2.30. The van der Waals surface area contributed by atoms with Gasteiger partial charge in [-0.2, -0.15) is 0 Å². The molecule has 0 amide bonds. The summed E-state index contributed by atoms with van der Waals surface area (Å²) in [7, 11) is 0. The van der Waals surface area contributed by atoms with E-state index in [-0.39, 0.29) is 23.4 Å². The maximum atomic E-state index is 12.8. The maximum absolute atomic E-state index is 12.8. The largest absolute Gasteiger partial charge is 0.391 e. The number of carbonyl (C=O) groups excluding carboxylic acids is 1. The molecule has 0 radical (unpaired) electrons. The van der Waals surface area contributed by atoms with Gasteiger partial charge in [-0.3, -0.25) is 4.79 Å². The molecule has 0 heterocycles. The highest BCUT2D eigenvalue weighted by molar-refractivity contribution is 6.05. The van der Waals surface area contributed by atoms with Crippen LogP contribution in [-0.4, -0.2) is 23.0 Å². The fourth-order valence-corrected chi connectivity index (χ4v) is 2.30. The van der Waals surface area contributed by atoms with E-state index in [0.717, 1.165) is 5.56 Å². The monoisotopic (exact) mass is 251 g/mol. The Kier molecular flexibility index (Phi) is 3.50. The molecule has 18 heavy (non-hydrogen) atoms. The third-order valence-electron chi connectivity index (χ3n) is 3.65. The molecule has 1 saturated carbocycles. The van der Waals surface area contributed by atoms with Crippen molar-refractivity contribution in [3.8, 4) is 0 Å². The summed E-state index contributed by atoms with van der Waals surface area (Å²) in [6.07, 6.45) is -0.826. The molecule has 0 aliphatic heterocycles. The average Bonchev–Trinajstić information content (AvgIpc) is 2.99. The van der Waals surface area contributed by atoms with Crippen molar-refractivity contribution >= 4 is 5.78 Å². The van der Waals surface area contributed by atoms with Crippen LogP contribution >= 0.6 is 0 Å². The molecule has 4 atom stereocenters. The fraction of sp³-hybridized carbons (Fsp3) is 0.500. The Balaban J connectivity index is 2.10. The van der Waals surface area contributed by atoms with Crippen LogP contribution in [0.4, 0.5) is 4.39 Å². The van der Waals surface area contributed by atoms with E-state index in [4.69, 9.17) is 5.73 Å². The summed E-state index contributed by atoms with van der Waals surface area (Å²) in [5.41, 5.74) is 6.62. The van der Waals surface area contributed by atoms with Crippen molar-refractivity contribution in [2.75, 3.05) is 0 Å². The molecule has 0 bridgehead atoms. The lowest BCUT2D eigenvalue weighted by atomic mass is 9.94. The Morgan fingerprint density at radius 2 is 1.83 bits per heavy atom. The minimum atomic E-state index is -0.826. The molecule has 0 aromatic heterocycles. The number of aliphatic hydroxyl groups excluding tert-OH is 1. The van der Waals surface area contributed by atoms with Crippen molar-refractivity contribution in [2.24, 2.45) is 17.6 Å². The predicted octanol–water partition coefficient (Wildman–Crippen LogP) is 1.45. The second kappa shape index (κ2) is 4.78. The van der Waals surface area contributed by atoms with Crippen molar-refractivity contribution in [1.29, 1.82) is 0 Å². The van der Waals surface area contributed by atoms with Crippen LogP contribution in [0.3, 0.4) is 0 Å². The summed E-state index contributed by atoms with van der Waals surface area (Å²) in [6.45, 7) is 3.82. The van der Waals surface area contributed by atoms with Gasteiger partial charge >= 0.3 is 0 Å². The molecule has 0 saturated heterocycles. The van der Waals surface area contributed by atoms with E-state index < -0.39 is 18.1 Å². The van der Waals surface area contributed by atoms with Crippen molar-refractivity contribution < 1.29 is 14.3 Å². The first-order valence-corrected chi connectivity index (χ1v) is 6.16. The Hall–Kier alpha value is -1.26. The van der Waals surface area contributed by atoms with Crippen LogP contribution in [0.1, 0.15) is 25.3 Å². The summed E-state index contributed by atoms with van der Waals surface area (Å²) in [5, 5.41) is 10.1. The average molecular weight is 251 g/mol. The van der Waals surface area contributed by atoms with Crippen molar-refractivity contribution in [1.82, 2.24) is 0 Å². The molecule has 1 aromatic rings.